The van der Waals surface area contributed by atoms with Gasteiger partial charge in [-0.25, -0.2) is 4.39 Å². The Bertz CT molecular complexity index is 1000. The van der Waals surface area contributed by atoms with Crippen molar-refractivity contribution in [2.45, 2.75) is 27.2 Å². The monoisotopic (exact) mass is 344 g/mol. The van der Waals surface area contributed by atoms with Crippen LogP contribution in [-0.2, 0) is 6.42 Å². The van der Waals surface area contributed by atoms with Gasteiger partial charge in [0.05, 0.1) is 11.6 Å². The molecule has 0 fully saturated rings. The van der Waals surface area contributed by atoms with E-state index in [1.807, 2.05) is 19.9 Å². The summed E-state index contributed by atoms with van der Waals surface area (Å²) in [4.78, 5) is 0. The molecule has 3 heteroatoms. The van der Waals surface area contributed by atoms with E-state index in [9.17, 15) is 9.65 Å². The second-order valence-corrected chi connectivity index (χ2v) is 6.36. The van der Waals surface area contributed by atoms with Gasteiger partial charge < -0.3 is 4.57 Å². The number of halogens is 1. The molecule has 0 amide bonds. The fourth-order valence-corrected chi connectivity index (χ4v) is 3.20. The second kappa shape index (κ2) is 7.41. The normalized spacial score (nSPS) is 11.4. The molecular formula is C23H21FN2. The summed E-state index contributed by atoms with van der Waals surface area (Å²) < 4.78 is 15.7. The van der Waals surface area contributed by atoms with Gasteiger partial charge in [-0.1, -0.05) is 31.2 Å². The van der Waals surface area contributed by atoms with Gasteiger partial charge in [-0.15, -0.1) is 0 Å². The molecule has 0 N–H and O–H groups in total. The summed E-state index contributed by atoms with van der Waals surface area (Å²) in [5, 5.41) is 9.53. The van der Waals surface area contributed by atoms with Crippen LogP contribution < -0.4 is 0 Å². The quantitative estimate of drug-likeness (QED) is 0.545. The first kappa shape index (κ1) is 17.7. The highest BCUT2D eigenvalue weighted by atomic mass is 19.1. The summed E-state index contributed by atoms with van der Waals surface area (Å²) >= 11 is 0. The molecule has 0 aliphatic carbocycles. The lowest BCUT2D eigenvalue weighted by Crippen LogP contribution is -1.99. The van der Waals surface area contributed by atoms with Crippen molar-refractivity contribution in [2.75, 3.05) is 0 Å². The van der Waals surface area contributed by atoms with Gasteiger partial charge in [0.15, 0.2) is 0 Å². The average molecular weight is 344 g/mol. The summed E-state index contributed by atoms with van der Waals surface area (Å²) in [6.45, 7) is 6.22. The molecule has 0 radical (unpaired) electrons. The van der Waals surface area contributed by atoms with Gasteiger partial charge in [0.1, 0.15) is 5.82 Å². The van der Waals surface area contributed by atoms with E-state index in [0.29, 0.717) is 11.1 Å². The predicted molar refractivity (Wildman–Crippen MR) is 105 cm³/mol. The summed E-state index contributed by atoms with van der Waals surface area (Å²) in [6, 6.07) is 18.9. The Morgan fingerprint density at radius 1 is 1.12 bits per heavy atom. The summed E-state index contributed by atoms with van der Waals surface area (Å²) in [5.74, 6) is -0.342. The van der Waals surface area contributed by atoms with Gasteiger partial charge in [0, 0.05) is 17.1 Å². The number of hydrogen-bond donors (Lipinski definition) is 0. The molecular weight excluding hydrogens is 323 g/mol. The lowest BCUT2D eigenvalue weighted by Gasteiger charge is -2.10. The molecule has 0 bridgehead atoms. The third kappa shape index (κ3) is 3.45. The number of benzene rings is 2. The Labute approximate surface area is 153 Å². The van der Waals surface area contributed by atoms with E-state index in [-0.39, 0.29) is 5.82 Å². The Balaban J connectivity index is 2.05. The zero-order chi connectivity index (χ0) is 18.7. The summed E-state index contributed by atoms with van der Waals surface area (Å²) in [6.07, 6.45) is 2.84. The van der Waals surface area contributed by atoms with Crippen LogP contribution in [0.2, 0.25) is 0 Å². The third-order valence-electron chi connectivity index (χ3n) is 4.63. The molecule has 0 unspecified atom stereocenters. The van der Waals surface area contributed by atoms with Crippen LogP contribution in [0.4, 0.5) is 4.39 Å². The fraction of sp³-hybridized carbons (Fsp3) is 0.174. The molecule has 1 aromatic heterocycles. The van der Waals surface area contributed by atoms with Gasteiger partial charge in [-0.05, 0) is 73.4 Å². The Kier molecular flexibility index (Phi) is 5.04. The maximum Gasteiger partial charge on any atom is 0.123 e. The van der Waals surface area contributed by atoms with Crippen molar-refractivity contribution in [1.82, 2.24) is 4.57 Å². The molecule has 130 valence electrons. The molecule has 0 spiro atoms. The molecule has 2 aromatic carbocycles. The Morgan fingerprint density at radius 2 is 1.85 bits per heavy atom. The minimum Gasteiger partial charge on any atom is -0.318 e. The molecule has 3 aromatic rings. The lowest BCUT2D eigenvalue weighted by atomic mass is 10.0. The number of nitrogens with zero attached hydrogens (tertiary/aromatic N) is 2. The first-order valence-corrected chi connectivity index (χ1v) is 8.69. The van der Waals surface area contributed by atoms with Crippen LogP contribution in [0.15, 0.2) is 54.6 Å². The molecule has 3 rings (SSSR count). The molecule has 0 saturated heterocycles. The van der Waals surface area contributed by atoms with Crippen LogP contribution in [0.1, 0.15) is 35.0 Å². The number of nitriles is 1. The van der Waals surface area contributed by atoms with Crippen LogP contribution in [0.5, 0.6) is 0 Å². The highest BCUT2D eigenvalue weighted by Gasteiger charge is 2.11. The highest BCUT2D eigenvalue weighted by Crippen LogP contribution is 2.25. The zero-order valence-electron chi connectivity index (χ0n) is 15.3. The van der Waals surface area contributed by atoms with E-state index in [0.717, 1.165) is 29.1 Å². The Morgan fingerprint density at radius 3 is 2.46 bits per heavy atom. The van der Waals surface area contributed by atoms with E-state index in [1.54, 1.807) is 12.1 Å². The highest BCUT2D eigenvalue weighted by molar-refractivity contribution is 5.90. The predicted octanol–water partition coefficient (Wildman–Crippen LogP) is 5.86. The maximum absolute atomic E-state index is 13.5. The first-order chi connectivity index (χ1) is 12.5. The Hall–Kier alpha value is -3.12. The minimum atomic E-state index is -0.342. The smallest absolute Gasteiger partial charge is 0.123 e. The molecule has 2 nitrogen and oxygen atoms in total. The average Bonchev–Trinajstić information content (AvgIpc) is 2.93. The maximum atomic E-state index is 13.5. The van der Waals surface area contributed by atoms with E-state index in [2.05, 4.69) is 47.9 Å². The van der Waals surface area contributed by atoms with Crippen molar-refractivity contribution in [3.05, 3.63) is 88.5 Å². The van der Waals surface area contributed by atoms with E-state index >= 15 is 0 Å². The van der Waals surface area contributed by atoms with Crippen molar-refractivity contribution in [1.29, 1.82) is 5.26 Å². The van der Waals surface area contributed by atoms with Crippen molar-refractivity contribution < 1.29 is 4.39 Å². The van der Waals surface area contributed by atoms with Crippen molar-refractivity contribution >= 4 is 11.6 Å². The summed E-state index contributed by atoms with van der Waals surface area (Å²) in [7, 11) is 0. The SMILES string of the molecule is CCc1ccc(-n2c(C)cc(/C=C(/C#N)c3cccc(F)c3)c2C)cc1. The zero-order valence-corrected chi connectivity index (χ0v) is 15.3. The summed E-state index contributed by atoms with van der Waals surface area (Å²) in [5.41, 5.74) is 6.54. The van der Waals surface area contributed by atoms with Crippen LogP contribution in [0, 0.1) is 31.0 Å². The molecule has 0 saturated carbocycles. The van der Waals surface area contributed by atoms with E-state index < -0.39 is 0 Å². The van der Waals surface area contributed by atoms with Gasteiger partial charge in [0.25, 0.3) is 0 Å². The number of hydrogen-bond acceptors (Lipinski definition) is 1. The molecule has 0 aliphatic heterocycles. The van der Waals surface area contributed by atoms with Gasteiger partial charge in [0.2, 0.25) is 0 Å². The minimum absolute atomic E-state index is 0.342. The van der Waals surface area contributed by atoms with Gasteiger partial charge in [-0.2, -0.15) is 5.26 Å². The van der Waals surface area contributed by atoms with Gasteiger partial charge in [-0.3, -0.25) is 0 Å². The van der Waals surface area contributed by atoms with Crippen LogP contribution in [0.25, 0.3) is 17.3 Å². The van der Waals surface area contributed by atoms with E-state index in [1.165, 1.54) is 17.7 Å². The fourth-order valence-electron chi connectivity index (χ4n) is 3.20. The number of rotatable bonds is 4. The second-order valence-electron chi connectivity index (χ2n) is 6.36. The number of aryl methyl sites for hydroxylation is 2. The lowest BCUT2D eigenvalue weighted by molar-refractivity contribution is 0.627. The first-order valence-electron chi connectivity index (χ1n) is 8.69. The van der Waals surface area contributed by atoms with Gasteiger partial charge >= 0.3 is 0 Å². The van der Waals surface area contributed by atoms with Crippen molar-refractivity contribution in [3.63, 3.8) is 0 Å². The van der Waals surface area contributed by atoms with Crippen molar-refractivity contribution in [2.24, 2.45) is 0 Å². The molecule has 1 heterocycles. The standard InChI is InChI=1S/C23H21FN2/c1-4-18-8-10-23(11-9-18)26-16(2)12-20(17(26)3)13-21(15-25)19-6-5-7-22(24)14-19/h5-14H,4H2,1-3H3/b21-13-. The largest absolute Gasteiger partial charge is 0.318 e. The third-order valence-corrected chi connectivity index (χ3v) is 4.63. The molecule has 26 heavy (non-hydrogen) atoms. The van der Waals surface area contributed by atoms with Crippen LogP contribution in [0.3, 0.4) is 0 Å². The topological polar surface area (TPSA) is 28.7 Å². The van der Waals surface area contributed by atoms with Crippen molar-refractivity contribution in [3.8, 4) is 11.8 Å². The number of aromatic nitrogens is 1. The van der Waals surface area contributed by atoms with Crippen LogP contribution >= 0.6 is 0 Å². The number of allylic oxidation sites excluding steroid dienone is 1. The molecule has 0 aliphatic rings. The van der Waals surface area contributed by atoms with E-state index in [4.69, 9.17) is 0 Å². The van der Waals surface area contributed by atoms with Crippen LogP contribution in [-0.4, -0.2) is 4.57 Å². The molecule has 0 atom stereocenters.